The molecule has 0 heterocycles. The molecule has 0 N–H and O–H groups in total. The van der Waals surface area contributed by atoms with Gasteiger partial charge in [-0.1, -0.05) is 363 Å². The van der Waals surface area contributed by atoms with Crippen LogP contribution < -0.4 is 0 Å². The fourth-order valence-corrected chi connectivity index (χ4v) is 17.5. The Morgan fingerprint density at radius 2 is 0.573 bits per heavy atom. The van der Waals surface area contributed by atoms with E-state index in [-0.39, 0.29) is 0 Å². The molecule has 5 aliphatic rings. The summed E-state index contributed by atoms with van der Waals surface area (Å²) in [6, 6.07) is 0. The first-order chi connectivity index (χ1) is 40.0. The van der Waals surface area contributed by atoms with Gasteiger partial charge in [-0.2, -0.15) is 0 Å². The van der Waals surface area contributed by atoms with Crippen molar-refractivity contribution in [3.63, 3.8) is 0 Å². The van der Waals surface area contributed by atoms with Crippen LogP contribution in [0, 0.1) is 52.8 Å². The van der Waals surface area contributed by atoms with Crippen LogP contribution in [0.15, 0.2) is 0 Å². The minimum absolute atomic E-state index is 0.610. The van der Waals surface area contributed by atoms with Crippen molar-refractivity contribution in [3.8, 4) is 0 Å². The van der Waals surface area contributed by atoms with Crippen LogP contribution in [0.3, 0.4) is 0 Å². The Bertz CT molecular complexity index is 1160. The van der Waals surface area contributed by atoms with Gasteiger partial charge in [-0.25, -0.2) is 0 Å². The van der Waals surface area contributed by atoms with E-state index in [1.807, 2.05) is 0 Å². The van der Waals surface area contributed by atoms with E-state index in [1.54, 1.807) is 0 Å². The summed E-state index contributed by atoms with van der Waals surface area (Å²) >= 11 is 0. The molecule has 0 saturated heterocycles. The van der Waals surface area contributed by atoms with E-state index in [9.17, 15) is 0 Å². The van der Waals surface area contributed by atoms with Crippen LogP contribution in [0.5, 0.6) is 0 Å². The second kappa shape index (κ2) is 65.1. The summed E-state index contributed by atoms with van der Waals surface area (Å²) in [4.78, 5) is 0. The highest BCUT2D eigenvalue weighted by molar-refractivity contribution is 7.17. The molecule has 0 spiro atoms. The second-order valence-corrected chi connectivity index (χ2v) is 32.3. The van der Waals surface area contributed by atoms with Gasteiger partial charge >= 0.3 is 0 Å². The lowest BCUT2D eigenvalue weighted by atomic mass is 9.68. The van der Waals surface area contributed by atoms with E-state index in [2.05, 4.69) is 97.0 Å². The average Bonchev–Trinajstić information content (AvgIpc) is 3.46. The Balaban J connectivity index is 0.000000981. The highest BCUT2D eigenvalue weighted by atomic mass is 31.0. The second-order valence-electron chi connectivity index (χ2n) is 29.5. The number of unbranched alkanes of at least 4 members (excludes halogenated alkanes) is 10. The van der Waals surface area contributed by atoms with E-state index >= 15 is 0 Å². The van der Waals surface area contributed by atoms with Crippen LogP contribution in [-0.4, -0.2) is 37.0 Å². The largest absolute Gasteiger partial charge is 0.137 e. The van der Waals surface area contributed by atoms with E-state index < -0.39 is 0 Å². The summed E-state index contributed by atoms with van der Waals surface area (Å²) in [6.07, 6.45) is 89.1. The third-order valence-electron chi connectivity index (χ3n) is 20.6. The number of hydrogen-bond acceptors (Lipinski definition) is 0. The third kappa shape index (κ3) is 57.7. The molecule has 5 aliphatic carbocycles. The molecule has 5 saturated carbocycles. The molecule has 0 aromatic carbocycles. The van der Waals surface area contributed by atoms with Gasteiger partial charge in [-0.3, -0.25) is 0 Å². The van der Waals surface area contributed by atoms with Crippen LogP contribution >= 0.6 is 55.4 Å². The van der Waals surface area contributed by atoms with Gasteiger partial charge in [0.15, 0.2) is 0 Å². The predicted octanol–water partition coefficient (Wildman–Crippen LogP) is 27.7. The first kappa shape index (κ1) is 84.6. The molecular formula is C76H160P6. The molecular weight excluding hydrogens is 1100 g/mol. The van der Waals surface area contributed by atoms with Gasteiger partial charge in [0, 0.05) is 0 Å². The highest BCUT2D eigenvalue weighted by Gasteiger charge is 2.31. The van der Waals surface area contributed by atoms with Gasteiger partial charge in [-0.05, 0) is 122 Å². The highest BCUT2D eigenvalue weighted by Crippen LogP contribution is 2.42. The van der Waals surface area contributed by atoms with E-state index in [0.717, 1.165) is 47.3 Å². The molecule has 0 aliphatic heterocycles. The van der Waals surface area contributed by atoms with E-state index in [1.165, 1.54) is 390 Å². The Morgan fingerprint density at radius 3 is 0.829 bits per heavy atom. The average molecular weight is 1260 g/mol. The predicted molar refractivity (Wildman–Crippen MR) is 406 cm³/mol. The molecule has 0 radical (unpaired) electrons. The SMILES string of the molecule is CC1CC(CP)CC(C)(C)C1.CC1CCC(CP)CC1.CCCCCCCCCCCCCC(CC)CP.PCC1CCCCCCC1.PCC1CCCCCCCCCCC1.PCC1CCCCCCCCCCCCCCCCC1. The van der Waals surface area contributed by atoms with Gasteiger partial charge in [-0.15, -0.1) is 55.4 Å². The van der Waals surface area contributed by atoms with Crippen molar-refractivity contribution < 1.29 is 0 Å². The number of hydrogen-bond donors (Lipinski definition) is 0. The van der Waals surface area contributed by atoms with Gasteiger partial charge in [0.1, 0.15) is 0 Å². The quantitative estimate of drug-likeness (QED) is 0.0893. The lowest BCUT2D eigenvalue weighted by Crippen LogP contribution is -2.28. The van der Waals surface area contributed by atoms with Crippen molar-refractivity contribution in [1.29, 1.82) is 0 Å². The Morgan fingerprint density at radius 1 is 0.305 bits per heavy atom. The monoisotopic (exact) mass is 1260 g/mol. The smallest absolute Gasteiger partial charge is 0.0349 e. The first-order valence-corrected chi connectivity index (χ1v) is 43.1. The molecule has 0 aromatic heterocycles. The maximum absolute atomic E-state index is 2.99. The minimum atomic E-state index is 0.610. The maximum atomic E-state index is 2.99. The lowest BCUT2D eigenvalue weighted by Gasteiger charge is -2.38. The standard InChI is InChI=1S/C19H39P.C17H37P.C13H27P.C10H21P.C9H19P.C8H17P/c20-18-19-16-14-12-10-8-6-4-2-1-3-5-7-9-11-13-15-17-19;1-3-5-6-7-8-9-10-11-12-13-14-15-17(4-2)16-18;14-12-13-10-8-6-4-2-1-3-5-7-9-11-13;1-8-4-9(7-11)6-10(2,3)5-8;10-8-9-6-4-2-1-3-5-7-9;1-7-2-4-8(6-9)5-3-7/h19H,1-18,20H2;17H,3-16,18H2,1-2H3;13H,1-12,14H2;8-9H,4-7,11H2,1-3H3;9H,1-8,10H2;7-8H,2-6,9H2,1H3. The molecule has 5 rings (SSSR count). The topological polar surface area (TPSA) is 0 Å². The summed E-state index contributed by atoms with van der Waals surface area (Å²) in [5.74, 6) is 7.98. The zero-order valence-electron chi connectivity index (χ0n) is 57.7. The van der Waals surface area contributed by atoms with Crippen LogP contribution in [0.2, 0.25) is 0 Å². The number of rotatable bonds is 19. The van der Waals surface area contributed by atoms with Crippen LogP contribution in [0.25, 0.3) is 0 Å². The maximum Gasteiger partial charge on any atom is -0.0349 e. The third-order valence-corrected chi connectivity index (χ3v) is 24.6. The molecule has 9 atom stereocenters. The molecule has 0 bridgehead atoms. The zero-order valence-corrected chi connectivity index (χ0v) is 64.6. The van der Waals surface area contributed by atoms with Crippen molar-refractivity contribution in [2.24, 2.45) is 52.8 Å². The fourth-order valence-electron chi connectivity index (χ4n) is 14.7. The Kier molecular flexibility index (Phi) is 67.1. The molecule has 82 heavy (non-hydrogen) atoms. The van der Waals surface area contributed by atoms with Gasteiger partial charge in [0.2, 0.25) is 0 Å². The normalized spacial score (nSPS) is 24.6. The van der Waals surface area contributed by atoms with Crippen LogP contribution in [0.4, 0.5) is 0 Å². The Labute approximate surface area is 536 Å². The minimum Gasteiger partial charge on any atom is -0.137 e. The molecule has 0 aromatic rings. The zero-order chi connectivity index (χ0) is 60.3. The van der Waals surface area contributed by atoms with Crippen LogP contribution in [0.1, 0.15) is 395 Å². The molecule has 494 valence electrons. The van der Waals surface area contributed by atoms with Gasteiger partial charge in [0.25, 0.3) is 0 Å². The molecule has 6 heteroatoms. The lowest BCUT2D eigenvalue weighted by molar-refractivity contribution is 0.145. The van der Waals surface area contributed by atoms with Gasteiger partial charge < -0.3 is 0 Å². The van der Waals surface area contributed by atoms with Crippen molar-refractivity contribution in [2.75, 3.05) is 37.0 Å². The summed E-state index contributed by atoms with van der Waals surface area (Å²) in [7, 11) is 17.5. The Hall–Kier alpha value is 2.58. The molecule has 0 nitrogen and oxygen atoms in total. The first-order valence-electron chi connectivity index (χ1n) is 38.2. The fraction of sp³-hybridized carbons (Fsp3) is 1.00. The van der Waals surface area contributed by atoms with Crippen molar-refractivity contribution in [2.45, 2.75) is 395 Å². The summed E-state index contributed by atoms with van der Waals surface area (Å²) in [5.41, 5.74) is 0.610. The van der Waals surface area contributed by atoms with Crippen molar-refractivity contribution >= 4 is 55.4 Å². The van der Waals surface area contributed by atoms with Gasteiger partial charge in [0.05, 0.1) is 0 Å². The summed E-state index contributed by atoms with van der Waals surface area (Å²) in [6.45, 7) is 14.2. The van der Waals surface area contributed by atoms with Crippen LogP contribution in [-0.2, 0) is 0 Å². The van der Waals surface area contributed by atoms with Crippen molar-refractivity contribution in [1.82, 2.24) is 0 Å². The summed E-state index contributed by atoms with van der Waals surface area (Å²) < 4.78 is 0. The summed E-state index contributed by atoms with van der Waals surface area (Å²) in [5, 5.41) is 0. The molecule has 0 amide bonds. The van der Waals surface area contributed by atoms with E-state index in [0.29, 0.717) is 5.41 Å². The molecule has 9 unspecified atom stereocenters. The van der Waals surface area contributed by atoms with Crippen molar-refractivity contribution in [3.05, 3.63) is 0 Å². The molecule has 5 fully saturated rings. The van der Waals surface area contributed by atoms with E-state index in [4.69, 9.17) is 0 Å².